The number of likely N-dealkylation sites (tertiary alicyclic amines) is 1. The molecule has 0 atom stereocenters. The molecule has 7 nitrogen and oxygen atoms in total. The maximum atomic E-state index is 13.6. The molecule has 2 aromatic carbocycles. The molecule has 2 aromatic heterocycles. The van der Waals surface area contributed by atoms with E-state index in [1.54, 1.807) is 6.20 Å². The van der Waals surface area contributed by atoms with Crippen LogP contribution in [0.2, 0.25) is 0 Å². The van der Waals surface area contributed by atoms with Crippen molar-refractivity contribution in [2.24, 2.45) is 0 Å². The Morgan fingerprint density at radius 2 is 1.77 bits per heavy atom. The molecule has 3 heterocycles. The normalized spacial score (nSPS) is 15.4. The molecule has 1 saturated heterocycles. The number of alkyl halides is 2. The van der Waals surface area contributed by atoms with E-state index in [0.29, 0.717) is 5.56 Å². The number of hydrogen-bond donors (Lipinski definition) is 1. The highest BCUT2D eigenvalue weighted by atomic mass is 32.2. The van der Waals surface area contributed by atoms with Gasteiger partial charge in [-0.25, -0.2) is 26.6 Å². The van der Waals surface area contributed by atoms with Gasteiger partial charge >= 0.3 is 0 Å². The maximum absolute atomic E-state index is 13.6. The first kappa shape index (κ1) is 27.4. The van der Waals surface area contributed by atoms with Crippen molar-refractivity contribution in [3.8, 4) is 11.8 Å². The molecule has 40 heavy (non-hydrogen) atoms. The molecule has 11 heteroatoms. The van der Waals surface area contributed by atoms with Crippen LogP contribution in [0.1, 0.15) is 41.3 Å². The number of pyridine rings is 1. The van der Waals surface area contributed by atoms with Crippen molar-refractivity contribution >= 4 is 21.4 Å². The molecule has 0 saturated carbocycles. The van der Waals surface area contributed by atoms with Crippen molar-refractivity contribution < 1.29 is 27.8 Å². The summed E-state index contributed by atoms with van der Waals surface area (Å²) in [6.45, 7) is 0.125. The van der Waals surface area contributed by atoms with Gasteiger partial charge in [-0.15, -0.1) is 0 Å². The third-order valence-electron chi connectivity index (χ3n) is 6.62. The summed E-state index contributed by atoms with van der Waals surface area (Å²) in [5, 5.41) is 2.82. The molecule has 0 unspecified atom stereocenters. The largest absolute Gasteiger partial charge is 0.348 e. The first-order valence-corrected chi connectivity index (χ1v) is 14.2. The van der Waals surface area contributed by atoms with Crippen LogP contribution in [-0.4, -0.2) is 53.5 Å². The second kappa shape index (κ2) is 11.2. The Morgan fingerprint density at radius 1 is 1.02 bits per heavy atom. The predicted molar refractivity (Wildman–Crippen MR) is 145 cm³/mol. The van der Waals surface area contributed by atoms with E-state index in [9.17, 15) is 26.4 Å². The van der Waals surface area contributed by atoms with E-state index in [2.05, 4.69) is 22.1 Å². The van der Waals surface area contributed by atoms with Gasteiger partial charge in [0.05, 0.1) is 4.90 Å². The van der Waals surface area contributed by atoms with Crippen molar-refractivity contribution in [2.75, 3.05) is 19.0 Å². The fourth-order valence-electron chi connectivity index (χ4n) is 4.38. The standard InChI is InChI=1S/C29H25F3N4O3S.H2/c30-25-6-2-21(3-7-25)1-4-23-18-24(28(37)34-19-22-9-13-36-16-12-33-27(36)17-22)5-8-26(23)40(38,39)20-35-14-10-29(31,32)11-15-35;/h2-3,5-9,12-13,16-18H,10-11,14-15,19-20H2,(H,34,37);1H. The lowest BCUT2D eigenvalue weighted by Crippen LogP contribution is -2.41. The molecule has 1 amide bonds. The highest BCUT2D eigenvalue weighted by Crippen LogP contribution is 2.29. The van der Waals surface area contributed by atoms with E-state index in [4.69, 9.17) is 0 Å². The van der Waals surface area contributed by atoms with Gasteiger partial charge in [0.25, 0.3) is 11.8 Å². The number of halogens is 3. The van der Waals surface area contributed by atoms with Gasteiger partial charge in [0.15, 0.2) is 9.84 Å². The third kappa shape index (κ3) is 6.52. The summed E-state index contributed by atoms with van der Waals surface area (Å²) in [6.07, 6.45) is 4.49. The maximum Gasteiger partial charge on any atom is 0.251 e. The topological polar surface area (TPSA) is 83.8 Å². The van der Waals surface area contributed by atoms with Crippen molar-refractivity contribution in [1.82, 2.24) is 19.6 Å². The summed E-state index contributed by atoms with van der Waals surface area (Å²) in [6, 6.07) is 13.2. The van der Waals surface area contributed by atoms with Crippen molar-refractivity contribution in [1.29, 1.82) is 0 Å². The minimum absolute atomic E-state index is 0. The summed E-state index contributed by atoms with van der Waals surface area (Å²) in [5.41, 5.74) is 2.29. The monoisotopic (exact) mass is 568 g/mol. The Kier molecular flexibility index (Phi) is 7.65. The number of nitrogens with one attached hydrogen (secondary N) is 1. The zero-order valence-corrected chi connectivity index (χ0v) is 22.1. The molecule has 0 aliphatic carbocycles. The van der Waals surface area contributed by atoms with Crippen LogP contribution >= 0.6 is 0 Å². The lowest BCUT2D eigenvalue weighted by Gasteiger charge is -2.31. The molecular formula is C29H27F3N4O3S. The van der Waals surface area contributed by atoms with Crippen LogP contribution in [0.3, 0.4) is 0 Å². The van der Waals surface area contributed by atoms with Crippen LogP contribution in [0.5, 0.6) is 0 Å². The van der Waals surface area contributed by atoms with Gasteiger partial charge in [0, 0.05) is 69.2 Å². The number of carbonyl (C=O) groups is 1. The van der Waals surface area contributed by atoms with Crippen molar-refractivity contribution in [3.05, 3.63) is 101 Å². The van der Waals surface area contributed by atoms with Crippen LogP contribution in [-0.2, 0) is 16.4 Å². The molecule has 0 bridgehead atoms. The molecule has 1 fully saturated rings. The Labute approximate surface area is 231 Å². The number of nitrogens with zero attached hydrogens (tertiary/aromatic N) is 3. The number of amides is 1. The number of imidazole rings is 1. The fourth-order valence-corrected chi connectivity index (χ4v) is 5.98. The number of hydrogen-bond acceptors (Lipinski definition) is 5. The molecule has 1 aliphatic heterocycles. The van der Waals surface area contributed by atoms with Crippen molar-refractivity contribution in [2.45, 2.75) is 30.2 Å². The SMILES string of the molecule is O=C(NCc1ccn2ccnc2c1)c1ccc(S(=O)(=O)CN2CCC(F)(F)CC2)c(C#Cc2ccc(F)cc2)c1.[HH]. The van der Waals surface area contributed by atoms with Crippen LogP contribution in [0.4, 0.5) is 13.2 Å². The minimum atomic E-state index is -3.97. The van der Waals surface area contributed by atoms with Crippen LogP contribution in [0.15, 0.2) is 78.1 Å². The van der Waals surface area contributed by atoms with E-state index in [1.807, 2.05) is 28.9 Å². The van der Waals surface area contributed by atoms with Gasteiger partial charge in [0.2, 0.25) is 0 Å². The van der Waals surface area contributed by atoms with Gasteiger partial charge < -0.3 is 9.72 Å². The van der Waals surface area contributed by atoms with E-state index in [0.717, 1.165) is 11.2 Å². The number of carbonyl (C=O) groups excluding carboxylic acids is 1. The first-order valence-electron chi connectivity index (χ1n) is 12.5. The zero-order chi connectivity index (χ0) is 28.3. The van der Waals surface area contributed by atoms with Crippen LogP contribution in [0.25, 0.3) is 5.65 Å². The Hall–Kier alpha value is -4.14. The predicted octanol–water partition coefficient (Wildman–Crippen LogP) is 4.51. The molecule has 208 valence electrons. The van der Waals surface area contributed by atoms with E-state index >= 15 is 0 Å². The van der Waals surface area contributed by atoms with Gasteiger partial charge in [-0.2, -0.15) is 0 Å². The zero-order valence-electron chi connectivity index (χ0n) is 21.3. The molecule has 1 aliphatic rings. The third-order valence-corrected chi connectivity index (χ3v) is 8.35. The highest BCUT2D eigenvalue weighted by molar-refractivity contribution is 7.91. The van der Waals surface area contributed by atoms with E-state index < -0.39 is 46.2 Å². The van der Waals surface area contributed by atoms with E-state index in [1.165, 1.54) is 47.4 Å². The lowest BCUT2D eigenvalue weighted by molar-refractivity contribution is -0.0519. The fraction of sp³-hybridized carbons (Fsp3) is 0.241. The Bertz CT molecular complexity index is 1720. The summed E-state index contributed by atoms with van der Waals surface area (Å²) < 4.78 is 69.0. The number of aromatic nitrogens is 2. The number of piperidine rings is 1. The highest BCUT2D eigenvalue weighted by Gasteiger charge is 2.35. The number of rotatable bonds is 6. The molecular weight excluding hydrogens is 541 g/mol. The summed E-state index contributed by atoms with van der Waals surface area (Å²) in [4.78, 5) is 18.6. The van der Waals surface area contributed by atoms with Crippen LogP contribution in [0, 0.1) is 17.7 Å². The molecule has 5 rings (SSSR count). The van der Waals surface area contributed by atoms with Crippen molar-refractivity contribution in [3.63, 3.8) is 0 Å². The smallest absolute Gasteiger partial charge is 0.251 e. The second-order valence-corrected chi connectivity index (χ2v) is 11.5. The number of benzene rings is 2. The Balaban J connectivity index is 0.00000387. The van der Waals surface area contributed by atoms with E-state index in [-0.39, 0.29) is 37.1 Å². The van der Waals surface area contributed by atoms with Gasteiger partial charge in [-0.1, -0.05) is 11.8 Å². The minimum Gasteiger partial charge on any atom is -0.348 e. The molecule has 1 N–H and O–H groups in total. The van der Waals surface area contributed by atoms with Gasteiger partial charge in [-0.3, -0.25) is 9.69 Å². The van der Waals surface area contributed by atoms with Gasteiger partial charge in [-0.05, 0) is 60.2 Å². The first-order chi connectivity index (χ1) is 19.1. The Morgan fingerprint density at radius 3 is 2.52 bits per heavy atom. The molecule has 0 spiro atoms. The lowest BCUT2D eigenvalue weighted by atomic mass is 10.1. The quantitative estimate of drug-likeness (QED) is 0.346. The summed E-state index contributed by atoms with van der Waals surface area (Å²) in [7, 11) is -3.97. The van der Waals surface area contributed by atoms with Gasteiger partial charge in [0.1, 0.15) is 17.3 Å². The molecule has 4 aromatic rings. The average Bonchev–Trinajstić information content (AvgIpc) is 3.40. The number of sulfone groups is 1. The summed E-state index contributed by atoms with van der Waals surface area (Å²) in [5.74, 6) is 1.51. The van der Waals surface area contributed by atoms with Crippen LogP contribution < -0.4 is 5.32 Å². The average molecular weight is 569 g/mol. The number of fused-ring (bicyclic) bond motifs is 1. The molecule has 0 radical (unpaired) electrons. The summed E-state index contributed by atoms with van der Waals surface area (Å²) >= 11 is 0. The second-order valence-electron chi connectivity index (χ2n) is 9.60.